The first kappa shape index (κ1) is 5.35. The van der Waals surface area contributed by atoms with E-state index in [-0.39, 0.29) is 11.6 Å². The standard InChI is InChI=1S/C6H7FO/c7-5-2-1-3-6(8)4-5/h3-4,8H,1-2H2. The number of halogens is 1. The van der Waals surface area contributed by atoms with Crippen molar-refractivity contribution in [1.82, 2.24) is 0 Å². The lowest BCUT2D eigenvalue weighted by molar-refractivity contribution is 0.417. The van der Waals surface area contributed by atoms with Crippen LogP contribution in [0, 0.1) is 0 Å². The third-order valence-electron chi connectivity index (χ3n) is 1.04. The van der Waals surface area contributed by atoms with Crippen molar-refractivity contribution in [3.05, 3.63) is 23.7 Å². The monoisotopic (exact) mass is 114 g/mol. The fourth-order valence-corrected chi connectivity index (χ4v) is 0.649. The Morgan fingerprint density at radius 2 is 2.38 bits per heavy atom. The highest BCUT2D eigenvalue weighted by molar-refractivity contribution is 5.17. The summed E-state index contributed by atoms with van der Waals surface area (Å²) in [7, 11) is 0. The molecule has 1 N–H and O–H groups in total. The summed E-state index contributed by atoms with van der Waals surface area (Å²) in [4.78, 5) is 0. The number of aliphatic hydroxyl groups excluding tert-OH is 1. The largest absolute Gasteiger partial charge is 0.508 e. The molecule has 0 heterocycles. The molecule has 0 aromatic rings. The van der Waals surface area contributed by atoms with Gasteiger partial charge in [0.1, 0.15) is 11.6 Å². The molecule has 0 atom stereocenters. The predicted octanol–water partition coefficient (Wildman–Crippen LogP) is 2.08. The smallest absolute Gasteiger partial charge is 0.114 e. The van der Waals surface area contributed by atoms with Crippen LogP contribution in [0.2, 0.25) is 0 Å². The van der Waals surface area contributed by atoms with E-state index in [1.807, 2.05) is 0 Å². The molecule has 0 aromatic heterocycles. The highest BCUT2D eigenvalue weighted by Crippen LogP contribution is 2.15. The van der Waals surface area contributed by atoms with Crippen molar-refractivity contribution in [1.29, 1.82) is 0 Å². The normalized spacial score (nSPS) is 19.6. The molecular formula is C6H7FO. The van der Waals surface area contributed by atoms with Crippen molar-refractivity contribution in [3.63, 3.8) is 0 Å². The number of aliphatic hydroxyl groups is 1. The molecule has 2 heteroatoms. The molecule has 0 saturated carbocycles. The lowest BCUT2D eigenvalue weighted by Gasteiger charge is -2.00. The van der Waals surface area contributed by atoms with Crippen molar-refractivity contribution in [2.75, 3.05) is 0 Å². The van der Waals surface area contributed by atoms with E-state index in [2.05, 4.69) is 0 Å². The van der Waals surface area contributed by atoms with Crippen molar-refractivity contribution in [2.24, 2.45) is 0 Å². The number of hydrogen-bond acceptors (Lipinski definition) is 1. The topological polar surface area (TPSA) is 20.2 Å². The van der Waals surface area contributed by atoms with Crippen LogP contribution in [0.1, 0.15) is 12.8 Å². The Hall–Kier alpha value is -0.790. The summed E-state index contributed by atoms with van der Waals surface area (Å²) >= 11 is 0. The van der Waals surface area contributed by atoms with Crippen LogP contribution >= 0.6 is 0 Å². The minimum absolute atomic E-state index is 0.0498. The fraction of sp³-hybridized carbons (Fsp3) is 0.333. The van der Waals surface area contributed by atoms with Crippen molar-refractivity contribution >= 4 is 0 Å². The zero-order valence-electron chi connectivity index (χ0n) is 4.39. The van der Waals surface area contributed by atoms with Gasteiger partial charge in [0, 0.05) is 12.5 Å². The Kier molecular flexibility index (Phi) is 1.33. The number of hydrogen-bond donors (Lipinski definition) is 1. The van der Waals surface area contributed by atoms with E-state index in [9.17, 15) is 4.39 Å². The van der Waals surface area contributed by atoms with Crippen molar-refractivity contribution < 1.29 is 9.50 Å². The summed E-state index contributed by atoms with van der Waals surface area (Å²) in [5.41, 5.74) is 0. The van der Waals surface area contributed by atoms with Gasteiger partial charge in [-0.05, 0) is 12.5 Å². The second kappa shape index (κ2) is 1.99. The van der Waals surface area contributed by atoms with Crippen LogP contribution in [-0.4, -0.2) is 5.11 Å². The van der Waals surface area contributed by atoms with Gasteiger partial charge in [0.2, 0.25) is 0 Å². The van der Waals surface area contributed by atoms with Crippen molar-refractivity contribution in [3.8, 4) is 0 Å². The summed E-state index contributed by atoms with van der Waals surface area (Å²) in [6.07, 6.45) is 3.80. The Balaban J connectivity index is 2.69. The third kappa shape index (κ3) is 1.09. The Morgan fingerprint density at radius 3 is 2.75 bits per heavy atom. The number of rotatable bonds is 0. The summed E-state index contributed by atoms with van der Waals surface area (Å²) in [6.45, 7) is 0. The first-order chi connectivity index (χ1) is 3.79. The van der Waals surface area contributed by atoms with Gasteiger partial charge in [0.05, 0.1) is 0 Å². The van der Waals surface area contributed by atoms with Crippen LogP contribution in [-0.2, 0) is 0 Å². The summed E-state index contributed by atoms with van der Waals surface area (Å²) in [6, 6.07) is 0. The molecule has 0 spiro atoms. The lowest BCUT2D eigenvalue weighted by Crippen LogP contribution is -1.85. The van der Waals surface area contributed by atoms with Gasteiger partial charge in [-0.3, -0.25) is 0 Å². The SMILES string of the molecule is OC1=CCCC(F)=C1. The maximum atomic E-state index is 12.1. The van der Waals surface area contributed by atoms with E-state index < -0.39 is 0 Å². The van der Waals surface area contributed by atoms with Crippen LogP contribution < -0.4 is 0 Å². The van der Waals surface area contributed by atoms with E-state index in [4.69, 9.17) is 5.11 Å². The van der Waals surface area contributed by atoms with E-state index in [1.165, 1.54) is 0 Å². The summed E-state index contributed by atoms with van der Waals surface area (Å²) in [5, 5.41) is 8.62. The molecule has 44 valence electrons. The Bertz CT molecular complexity index is 147. The van der Waals surface area contributed by atoms with Gasteiger partial charge in [-0.25, -0.2) is 4.39 Å². The van der Waals surface area contributed by atoms with E-state index >= 15 is 0 Å². The van der Waals surface area contributed by atoms with Crippen LogP contribution in [0.4, 0.5) is 4.39 Å². The molecule has 0 radical (unpaired) electrons. The van der Waals surface area contributed by atoms with Gasteiger partial charge in [-0.15, -0.1) is 0 Å². The van der Waals surface area contributed by atoms with Crippen LogP contribution in [0.15, 0.2) is 23.7 Å². The van der Waals surface area contributed by atoms with Gasteiger partial charge in [-0.2, -0.15) is 0 Å². The second-order valence-corrected chi connectivity index (χ2v) is 1.76. The third-order valence-corrected chi connectivity index (χ3v) is 1.04. The molecule has 0 saturated heterocycles. The molecule has 1 aliphatic rings. The van der Waals surface area contributed by atoms with Crippen LogP contribution in [0.3, 0.4) is 0 Å². The zero-order chi connectivity index (χ0) is 5.98. The Morgan fingerprint density at radius 1 is 1.62 bits per heavy atom. The number of allylic oxidation sites excluding steroid dienone is 3. The zero-order valence-corrected chi connectivity index (χ0v) is 4.39. The first-order valence-corrected chi connectivity index (χ1v) is 2.54. The molecule has 0 unspecified atom stereocenters. The second-order valence-electron chi connectivity index (χ2n) is 1.76. The minimum Gasteiger partial charge on any atom is -0.508 e. The maximum Gasteiger partial charge on any atom is 0.114 e. The molecule has 1 aliphatic carbocycles. The molecule has 0 fully saturated rings. The molecule has 0 amide bonds. The molecule has 0 aliphatic heterocycles. The first-order valence-electron chi connectivity index (χ1n) is 2.54. The van der Waals surface area contributed by atoms with Gasteiger partial charge in [0.25, 0.3) is 0 Å². The fourth-order valence-electron chi connectivity index (χ4n) is 0.649. The highest BCUT2D eigenvalue weighted by atomic mass is 19.1. The molecule has 0 bridgehead atoms. The molecule has 0 aromatic carbocycles. The lowest BCUT2D eigenvalue weighted by atomic mass is 10.1. The molecular weight excluding hydrogens is 107 g/mol. The quantitative estimate of drug-likeness (QED) is 0.511. The summed E-state index contributed by atoms with van der Waals surface area (Å²) in [5.74, 6) is -0.182. The predicted molar refractivity (Wildman–Crippen MR) is 29.1 cm³/mol. The maximum absolute atomic E-state index is 12.1. The van der Waals surface area contributed by atoms with Gasteiger partial charge >= 0.3 is 0 Å². The average Bonchev–Trinajstić information content (AvgIpc) is 1.64. The summed E-state index contributed by atoms with van der Waals surface area (Å²) < 4.78 is 12.1. The van der Waals surface area contributed by atoms with E-state index in [1.54, 1.807) is 6.08 Å². The Labute approximate surface area is 47.1 Å². The van der Waals surface area contributed by atoms with Crippen molar-refractivity contribution in [2.45, 2.75) is 12.8 Å². The van der Waals surface area contributed by atoms with Gasteiger partial charge in [-0.1, -0.05) is 0 Å². The van der Waals surface area contributed by atoms with Gasteiger partial charge in [0.15, 0.2) is 0 Å². The van der Waals surface area contributed by atoms with E-state index in [0.29, 0.717) is 12.8 Å². The average molecular weight is 114 g/mol. The van der Waals surface area contributed by atoms with Crippen LogP contribution in [0.25, 0.3) is 0 Å². The van der Waals surface area contributed by atoms with Crippen LogP contribution in [0.5, 0.6) is 0 Å². The molecule has 8 heavy (non-hydrogen) atoms. The molecule has 1 rings (SSSR count). The minimum atomic E-state index is -0.231. The molecule has 1 nitrogen and oxygen atoms in total. The van der Waals surface area contributed by atoms with E-state index in [0.717, 1.165) is 6.08 Å². The highest BCUT2D eigenvalue weighted by Gasteiger charge is 2.00. The van der Waals surface area contributed by atoms with Gasteiger partial charge < -0.3 is 5.11 Å².